The number of nitrogens with one attached hydrogen (secondary N) is 1. The van der Waals surface area contributed by atoms with E-state index in [9.17, 15) is 22.4 Å². The van der Waals surface area contributed by atoms with E-state index in [2.05, 4.69) is 10.1 Å². The quantitative estimate of drug-likeness (QED) is 0.715. The van der Waals surface area contributed by atoms with Crippen molar-refractivity contribution in [2.75, 3.05) is 19.0 Å². The van der Waals surface area contributed by atoms with E-state index in [4.69, 9.17) is 11.6 Å². The Bertz CT molecular complexity index is 1070. The Labute approximate surface area is 172 Å². The van der Waals surface area contributed by atoms with Crippen LogP contribution in [0.4, 0.5) is 10.1 Å². The average molecular weight is 444 g/mol. The number of carbonyl (C=O) groups excluding carboxylic acids is 2. The van der Waals surface area contributed by atoms with Gasteiger partial charge in [0.05, 0.1) is 17.8 Å². The first-order valence-corrected chi connectivity index (χ1v) is 10.5. The fourth-order valence-corrected chi connectivity index (χ4v) is 5.16. The zero-order valence-corrected chi connectivity index (χ0v) is 17.3. The molecule has 29 heavy (non-hydrogen) atoms. The number of methoxy groups -OCH3 is 1. The fraction of sp³-hybridized carbons (Fsp3) is 0.333. The van der Waals surface area contributed by atoms with Crippen LogP contribution in [-0.4, -0.2) is 48.9 Å². The highest BCUT2D eigenvalue weighted by molar-refractivity contribution is 7.89. The normalized spacial score (nSPS) is 17.3. The first-order chi connectivity index (χ1) is 13.6. The molecule has 1 atom stereocenters. The molecule has 0 aliphatic carbocycles. The lowest BCUT2D eigenvalue weighted by molar-refractivity contribution is -0.119. The Kier molecular flexibility index (Phi) is 5.97. The first kappa shape index (κ1) is 21.3. The van der Waals surface area contributed by atoms with Gasteiger partial charge in [-0.15, -0.1) is 0 Å². The van der Waals surface area contributed by atoms with Crippen molar-refractivity contribution in [1.29, 1.82) is 0 Å². The molecule has 8 nitrogen and oxygen atoms in total. The van der Waals surface area contributed by atoms with Crippen LogP contribution in [0.1, 0.15) is 23.3 Å². The molecule has 0 radical (unpaired) electrons. The number of benzene rings is 1. The zero-order chi connectivity index (χ0) is 21.3. The molecule has 3 rings (SSSR count). The van der Waals surface area contributed by atoms with Gasteiger partial charge in [0.1, 0.15) is 22.4 Å². The number of aromatic nitrogens is 1. The molecule has 1 amide bonds. The Morgan fingerprint density at radius 1 is 1.31 bits per heavy atom. The van der Waals surface area contributed by atoms with Gasteiger partial charge in [-0.1, -0.05) is 11.6 Å². The van der Waals surface area contributed by atoms with E-state index in [-0.39, 0.29) is 27.8 Å². The second-order valence-corrected chi connectivity index (χ2v) is 8.85. The Hall–Kier alpha value is -2.43. The molecule has 1 aliphatic rings. The molecule has 1 fully saturated rings. The lowest BCUT2D eigenvalue weighted by Gasteiger charge is -2.23. The molecule has 1 saturated heterocycles. The van der Waals surface area contributed by atoms with Crippen LogP contribution in [0, 0.1) is 5.82 Å². The van der Waals surface area contributed by atoms with Crippen molar-refractivity contribution >= 4 is 39.2 Å². The van der Waals surface area contributed by atoms with Gasteiger partial charge in [-0.25, -0.2) is 17.6 Å². The third kappa shape index (κ3) is 4.14. The van der Waals surface area contributed by atoms with Crippen molar-refractivity contribution in [2.24, 2.45) is 7.05 Å². The van der Waals surface area contributed by atoms with Crippen LogP contribution >= 0.6 is 11.6 Å². The average Bonchev–Trinajstić information content (AvgIpc) is 3.31. The highest BCUT2D eigenvalue weighted by atomic mass is 35.5. The lowest BCUT2D eigenvalue weighted by Crippen LogP contribution is -2.43. The van der Waals surface area contributed by atoms with Gasteiger partial charge in [-0.3, -0.25) is 4.79 Å². The predicted octanol–water partition coefficient (Wildman–Crippen LogP) is 2.40. The van der Waals surface area contributed by atoms with Crippen LogP contribution in [0.5, 0.6) is 0 Å². The van der Waals surface area contributed by atoms with E-state index in [0.29, 0.717) is 12.8 Å². The van der Waals surface area contributed by atoms with E-state index >= 15 is 0 Å². The third-order valence-corrected chi connectivity index (χ3v) is 6.86. The molecule has 156 valence electrons. The monoisotopic (exact) mass is 443 g/mol. The molecular formula is C18H19ClFN3O5S. The smallest absolute Gasteiger partial charge is 0.354 e. The highest BCUT2D eigenvalue weighted by Crippen LogP contribution is 2.29. The largest absolute Gasteiger partial charge is 0.464 e. The summed E-state index contributed by atoms with van der Waals surface area (Å²) >= 11 is 5.93. The van der Waals surface area contributed by atoms with Gasteiger partial charge in [0.2, 0.25) is 15.9 Å². The molecule has 0 saturated carbocycles. The molecule has 2 heterocycles. The number of hydrogen-bond donors (Lipinski definition) is 1. The first-order valence-electron chi connectivity index (χ1n) is 8.67. The molecule has 0 unspecified atom stereocenters. The van der Waals surface area contributed by atoms with Gasteiger partial charge in [0.15, 0.2) is 0 Å². The summed E-state index contributed by atoms with van der Waals surface area (Å²) in [6.45, 7) is 0.153. The Balaban J connectivity index is 1.85. The number of aryl methyl sites for hydroxylation is 1. The molecular weight excluding hydrogens is 425 g/mol. The minimum Gasteiger partial charge on any atom is -0.464 e. The zero-order valence-electron chi connectivity index (χ0n) is 15.7. The second-order valence-electron chi connectivity index (χ2n) is 6.55. The molecule has 1 aliphatic heterocycles. The number of amides is 1. The Morgan fingerprint density at radius 2 is 2.03 bits per heavy atom. The standard InChI is InChI=1S/C18H19ClFN3O5S/c1-22-10-12(9-16(22)18(25)28-2)29(26,27)23-7-3-4-15(23)17(24)21-14-6-5-11(20)8-13(14)19/h5-6,8-10,15H,3-4,7H2,1-2H3,(H,21,24)/t15-/m0/s1. The topological polar surface area (TPSA) is 97.7 Å². The van der Waals surface area contributed by atoms with Gasteiger partial charge in [-0.05, 0) is 37.1 Å². The maximum atomic E-state index is 13.2. The number of halogens is 2. The number of ether oxygens (including phenoxy) is 1. The number of hydrogen-bond acceptors (Lipinski definition) is 5. The minimum atomic E-state index is -4.03. The summed E-state index contributed by atoms with van der Waals surface area (Å²) in [5.41, 5.74) is 0.263. The molecule has 1 aromatic heterocycles. The molecule has 0 bridgehead atoms. The van der Waals surface area contributed by atoms with Gasteiger partial charge in [0.25, 0.3) is 0 Å². The van der Waals surface area contributed by atoms with Crippen molar-refractivity contribution < 1.29 is 27.1 Å². The van der Waals surface area contributed by atoms with Gasteiger partial charge in [0, 0.05) is 19.8 Å². The predicted molar refractivity (Wildman–Crippen MR) is 104 cm³/mol. The Morgan fingerprint density at radius 3 is 2.69 bits per heavy atom. The number of nitrogens with zero attached hydrogens (tertiary/aromatic N) is 2. The van der Waals surface area contributed by atoms with E-state index in [1.807, 2.05) is 0 Å². The van der Waals surface area contributed by atoms with Gasteiger partial charge < -0.3 is 14.6 Å². The maximum Gasteiger partial charge on any atom is 0.354 e. The van der Waals surface area contributed by atoms with Gasteiger partial charge >= 0.3 is 5.97 Å². The second kappa shape index (κ2) is 8.13. The molecule has 1 aromatic carbocycles. The van der Waals surface area contributed by atoms with Gasteiger partial charge in [-0.2, -0.15) is 4.31 Å². The van der Waals surface area contributed by atoms with Crippen molar-refractivity contribution in [3.05, 3.63) is 47.0 Å². The fourth-order valence-electron chi connectivity index (χ4n) is 3.21. The van der Waals surface area contributed by atoms with Crippen LogP contribution in [0.3, 0.4) is 0 Å². The summed E-state index contributed by atoms with van der Waals surface area (Å²) in [6.07, 6.45) is 2.11. The molecule has 1 N–H and O–H groups in total. The van der Waals surface area contributed by atoms with Crippen LogP contribution in [0.25, 0.3) is 0 Å². The molecule has 0 spiro atoms. The third-order valence-electron chi connectivity index (χ3n) is 4.68. The van der Waals surface area contributed by atoms with Crippen molar-refractivity contribution in [2.45, 2.75) is 23.8 Å². The summed E-state index contributed by atoms with van der Waals surface area (Å²) in [4.78, 5) is 24.4. The van der Waals surface area contributed by atoms with E-state index < -0.39 is 33.8 Å². The maximum absolute atomic E-state index is 13.2. The number of sulfonamides is 1. The summed E-state index contributed by atoms with van der Waals surface area (Å²) < 4.78 is 46.5. The number of esters is 1. The van der Waals surface area contributed by atoms with Crippen molar-refractivity contribution in [3.8, 4) is 0 Å². The molecule has 2 aromatic rings. The van der Waals surface area contributed by atoms with Crippen LogP contribution in [-0.2, 0) is 26.6 Å². The summed E-state index contributed by atoms with van der Waals surface area (Å²) in [5, 5.41) is 2.56. The van der Waals surface area contributed by atoms with Crippen molar-refractivity contribution in [3.63, 3.8) is 0 Å². The molecule has 11 heteroatoms. The van der Waals surface area contributed by atoms with E-state index in [0.717, 1.165) is 16.4 Å². The number of rotatable bonds is 5. The lowest BCUT2D eigenvalue weighted by atomic mass is 10.2. The summed E-state index contributed by atoms with van der Waals surface area (Å²) in [6, 6.07) is 3.76. The van der Waals surface area contributed by atoms with Crippen LogP contribution in [0.2, 0.25) is 5.02 Å². The highest BCUT2D eigenvalue weighted by Gasteiger charge is 2.40. The van der Waals surface area contributed by atoms with Crippen molar-refractivity contribution in [1.82, 2.24) is 8.87 Å². The summed E-state index contributed by atoms with van der Waals surface area (Å²) in [5.74, 6) is -1.79. The van der Waals surface area contributed by atoms with Crippen LogP contribution < -0.4 is 5.32 Å². The van der Waals surface area contributed by atoms with Crippen LogP contribution in [0.15, 0.2) is 35.4 Å². The minimum absolute atomic E-state index is 0.0107. The van der Waals surface area contributed by atoms with E-state index in [1.165, 1.54) is 37.1 Å². The summed E-state index contributed by atoms with van der Waals surface area (Å²) in [7, 11) is -1.31. The number of anilines is 1. The van der Waals surface area contributed by atoms with E-state index in [1.54, 1.807) is 0 Å². The SMILES string of the molecule is COC(=O)c1cc(S(=O)(=O)N2CCC[C@H]2C(=O)Nc2ccc(F)cc2Cl)cn1C. The number of carbonyl (C=O) groups is 2.